The van der Waals surface area contributed by atoms with Crippen molar-refractivity contribution >= 4 is 12.1 Å². The first-order valence-corrected chi connectivity index (χ1v) is 11.1. The number of hydrogen-bond acceptors (Lipinski definition) is 5. The molecule has 1 amide bonds. The monoisotopic (exact) mass is 416 g/mol. The van der Waals surface area contributed by atoms with Crippen molar-refractivity contribution in [2.75, 3.05) is 26.7 Å². The van der Waals surface area contributed by atoms with Crippen LogP contribution in [0.2, 0.25) is 0 Å². The third-order valence-electron chi connectivity index (χ3n) is 6.37. The van der Waals surface area contributed by atoms with Crippen LogP contribution in [0, 0.1) is 0 Å². The molecule has 1 heterocycles. The molecule has 1 saturated heterocycles. The van der Waals surface area contributed by atoms with E-state index in [0.29, 0.717) is 12.5 Å². The maximum atomic E-state index is 12.5. The van der Waals surface area contributed by atoms with Crippen LogP contribution in [0.4, 0.5) is 4.79 Å². The van der Waals surface area contributed by atoms with E-state index in [1.54, 1.807) is 0 Å². The molecule has 166 valence electrons. The number of piperidine rings is 1. The van der Waals surface area contributed by atoms with E-state index in [0.717, 1.165) is 51.7 Å². The zero-order valence-electron chi connectivity index (χ0n) is 18.8. The second kappa shape index (κ2) is 9.38. The number of benzene rings is 1. The summed E-state index contributed by atoms with van der Waals surface area (Å²) in [6.45, 7) is 8.00. The number of likely N-dealkylation sites (tertiary alicyclic amines) is 1. The van der Waals surface area contributed by atoms with Crippen LogP contribution in [-0.2, 0) is 19.7 Å². The van der Waals surface area contributed by atoms with E-state index in [2.05, 4.69) is 29.6 Å². The van der Waals surface area contributed by atoms with Crippen LogP contribution >= 0.6 is 0 Å². The Labute approximate surface area is 180 Å². The Morgan fingerprint density at radius 1 is 1.17 bits per heavy atom. The second-order valence-corrected chi connectivity index (χ2v) is 9.56. The van der Waals surface area contributed by atoms with Crippen LogP contribution in [0.3, 0.4) is 0 Å². The minimum atomic E-state index is -0.462. The van der Waals surface area contributed by atoms with Crippen LogP contribution in [0.15, 0.2) is 24.3 Å². The number of methoxy groups -OCH3 is 1. The highest BCUT2D eigenvalue weighted by Gasteiger charge is 2.42. The first-order valence-electron chi connectivity index (χ1n) is 11.1. The van der Waals surface area contributed by atoms with Crippen molar-refractivity contribution in [3.63, 3.8) is 0 Å². The number of rotatable bonds is 5. The Morgan fingerprint density at radius 3 is 2.53 bits per heavy atom. The molecule has 6 heteroatoms. The molecule has 1 aliphatic carbocycles. The molecule has 30 heavy (non-hydrogen) atoms. The Kier molecular flexibility index (Phi) is 7.06. The van der Waals surface area contributed by atoms with Crippen molar-refractivity contribution < 1.29 is 19.1 Å². The van der Waals surface area contributed by atoms with Gasteiger partial charge < -0.3 is 19.7 Å². The number of fused-ring (bicyclic) bond motifs is 2. The summed E-state index contributed by atoms with van der Waals surface area (Å²) in [4.78, 5) is 25.6. The minimum Gasteiger partial charge on any atom is -0.469 e. The Morgan fingerprint density at radius 2 is 1.87 bits per heavy atom. The number of amides is 1. The minimum absolute atomic E-state index is 0.138. The first-order chi connectivity index (χ1) is 14.2. The average molecular weight is 417 g/mol. The number of nitrogens with zero attached hydrogens (tertiary/aromatic N) is 1. The van der Waals surface area contributed by atoms with Gasteiger partial charge in [0.1, 0.15) is 5.60 Å². The van der Waals surface area contributed by atoms with E-state index < -0.39 is 5.60 Å². The van der Waals surface area contributed by atoms with Gasteiger partial charge >= 0.3 is 12.1 Å². The molecule has 0 radical (unpaired) electrons. The normalized spacial score (nSPS) is 20.5. The van der Waals surface area contributed by atoms with Crippen molar-refractivity contribution in [2.45, 2.75) is 76.4 Å². The molecule has 1 aliphatic heterocycles. The molecule has 0 saturated carbocycles. The summed E-state index contributed by atoms with van der Waals surface area (Å²) in [5.74, 6) is -0.156. The van der Waals surface area contributed by atoms with E-state index in [1.807, 2.05) is 25.7 Å². The number of hydrogen-bond donors (Lipinski definition) is 1. The molecule has 1 spiro atoms. The lowest BCUT2D eigenvalue weighted by atomic mass is 9.63. The van der Waals surface area contributed by atoms with E-state index in [1.165, 1.54) is 18.2 Å². The lowest BCUT2D eigenvalue weighted by molar-refractivity contribution is -0.140. The lowest BCUT2D eigenvalue weighted by Crippen LogP contribution is -2.48. The Hall–Kier alpha value is -2.08. The Balaban J connectivity index is 1.63. The van der Waals surface area contributed by atoms with Crippen molar-refractivity contribution in [1.29, 1.82) is 0 Å². The van der Waals surface area contributed by atoms with Gasteiger partial charge in [-0.05, 0) is 76.0 Å². The van der Waals surface area contributed by atoms with Crippen molar-refractivity contribution in [1.82, 2.24) is 10.2 Å². The van der Waals surface area contributed by atoms with Crippen molar-refractivity contribution in [3.05, 3.63) is 35.4 Å². The van der Waals surface area contributed by atoms with E-state index in [9.17, 15) is 9.59 Å². The SMILES string of the molecule is COC(=O)CCCN[C@H]1CCC2(CCN(C(=O)OC(C)(C)C)CC2)c2ccccc21. The predicted octanol–water partition coefficient (Wildman–Crippen LogP) is 4.33. The summed E-state index contributed by atoms with van der Waals surface area (Å²) in [5.41, 5.74) is 2.47. The summed E-state index contributed by atoms with van der Waals surface area (Å²) in [6.07, 6.45) is 5.15. The molecule has 2 aliphatic rings. The molecule has 6 nitrogen and oxygen atoms in total. The van der Waals surface area contributed by atoms with Gasteiger partial charge in [-0.25, -0.2) is 4.79 Å². The maximum Gasteiger partial charge on any atom is 0.410 e. The number of carbonyl (C=O) groups is 2. The van der Waals surface area contributed by atoms with Gasteiger partial charge in [-0.3, -0.25) is 4.79 Å². The fourth-order valence-electron chi connectivity index (χ4n) is 4.78. The fourth-order valence-corrected chi connectivity index (χ4v) is 4.78. The Bertz CT molecular complexity index is 748. The highest BCUT2D eigenvalue weighted by atomic mass is 16.6. The maximum absolute atomic E-state index is 12.5. The van der Waals surface area contributed by atoms with Gasteiger partial charge in [-0.2, -0.15) is 0 Å². The third-order valence-corrected chi connectivity index (χ3v) is 6.37. The summed E-state index contributed by atoms with van der Waals surface area (Å²) in [7, 11) is 1.43. The van der Waals surface area contributed by atoms with Gasteiger partial charge in [-0.15, -0.1) is 0 Å². The number of esters is 1. The largest absolute Gasteiger partial charge is 0.469 e. The predicted molar refractivity (Wildman–Crippen MR) is 116 cm³/mol. The van der Waals surface area contributed by atoms with Crippen LogP contribution in [-0.4, -0.2) is 49.3 Å². The van der Waals surface area contributed by atoms with Gasteiger partial charge in [0.15, 0.2) is 0 Å². The summed E-state index contributed by atoms with van der Waals surface area (Å²) in [5, 5.41) is 3.64. The fraction of sp³-hybridized carbons (Fsp3) is 0.667. The van der Waals surface area contributed by atoms with Crippen LogP contribution in [0.1, 0.15) is 76.5 Å². The number of nitrogens with one attached hydrogen (secondary N) is 1. The molecule has 3 rings (SSSR count). The van der Waals surface area contributed by atoms with Crippen molar-refractivity contribution in [2.24, 2.45) is 0 Å². The van der Waals surface area contributed by atoms with Gasteiger partial charge in [0.2, 0.25) is 0 Å². The number of carbonyl (C=O) groups excluding carboxylic acids is 2. The van der Waals surface area contributed by atoms with E-state index in [4.69, 9.17) is 9.47 Å². The molecule has 1 N–H and O–H groups in total. The second-order valence-electron chi connectivity index (χ2n) is 9.56. The zero-order valence-corrected chi connectivity index (χ0v) is 18.8. The molecule has 1 aromatic rings. The summed E-state index contributed by atoms with van der Waals surface area (Å²) >= 11 is 0. The highest BCUT2D eigenvalue weighted by molar-refractivity contribution is 5.69. The lowest BCUT2D eigenvalue weighted by Gasteiger charge is -2.47. The topological polar surface area (TPSA) is 67.9 Å². The molecule has 1 fully saturated rings. The van der Waals surface area contributed by atoms with Gasteiger partial charge in [-0.1, -0.05) is 24.3 Å². The molecule has 0 bridgehead atoms. The van der Waals surface area contributed by atoms with Gasteiger partial charge in [0.25, 0.3) is 0 Å². The molecule has 1 aromatic carbocycles. The first kappa shape index (κ1) is 22.6. The van der Waals surface area contributed by atoms with Crippen molar-refractivity contribution in [3.8, 4) is 0 Å². The van der Waals surface area contributed by atoms with Crippen LogP contribution < -0.4 is 5.32 Å². The molecule has 0 unspecified atom stereocenters. The summed E-state index contributed by atoms with van der Waals surface area (Å²) < 4.78 is 10.3. The van der Waals surface area contributed by atoms with E-state index >= 15 is 0 Å². The average Bonchev–Trinajstić information content (AvgIpc) is 2.72. The quantitative estimate of drug-likeness (QED) is 0.571. The molecular weight excluding hydrogens is 380 g/mol. The van der Waals surface area contributed by atoms with Crippen LogP contribution in [0.25, 0.3) is 0 Å². The standard InChI is InChI=1S/C24H36N2O4/c1-23(2,3)30-22(28)26-16-13-24(14-17-26)12-11-20(18-8-5-6-9-19(18)24)25-15-7-10-21(27)29-4/h5-6,8-9,20,25H,7,10-17H2,1-4H3/t20-/m0/s1. The summed E-state index contributed by atoms with van der Waals surface area (Å²) in [6, 6.07) is 9.04. The van der Waals surface area contributed by atoms with Gasteiger partial charge in [0, 0.05) is 25.6 Å². The smallest absolute Gasteiger partial charge is 0.410 e. The van der Waals surface area contributed by atoms with Crippen LogP contribution in [0.5, 0.6) is 0 Å². The molecular formula is C24H36N2O4. The number of ether oxygens (including phenoxy) is 2. The van der Waals surface area contributed by atoms with Gasteiger partial charge in [0.05, 0.1) is 7.11 Å². The molecule has 1 atom stereocenters. The van der Waals surface area contributed by atoms with E-state index in [-0.39, 0.29) is 17.5 Å². The molecule has 0 aromatic heterocycles. The zero-order chi connectivity index (χ0) is 21.8. The highest BCUT2D eigenvalue weighted by Crippen LogP contribution is 2.48. The third kappa shape index (κ3) is 5.34.